The zero-order valence-corrected chi connectivity index (χ0v) is 16.4. The molecule has 2 aromatic rings. The minimum atomic E-state index is -0.769. The number of Topliss-reactive ketones (excluding diaryl/α,β-unsaturated/α-hetero) is 2. The van der Waals surface area contributed by atoms with E-state index in [1.165, 1.54) is 12.1 Å². The van der Waals surface area contributed by atoms with E-state index in [2.05, 4.69) is 0 Å². The Hall–Kier alpha value is -2.20. The van der Waals surface area contributed by atoms with Crippen LogP contribution in [0.15, 0.2) is 36.4 Å². The Labute approximate surface area is 163 Å². The summed E-state index contributed by atoms with van der Waals surface area (Å²) in [5.74, 6) is -0.693. The molecule has 3 nitrogen and oxygen atoms in total. The Balaban J connectivity index is 1.99. The van der Waals surface area contributed by atoms with Gasteiger partial charge in [0.15, 0.2) is 5.78 Å². The van der Waals surface area contributed by atoms with E-state index in [0.717, 1.165) is 5.56 Å². The van der Waals surface area contributed by atoms with Crippen LogP contribution < -0.4 is 4.74 Å². The van der Waals surface area contributed by atoms with E-state index in [1.54, 1.807) is 18.2 Å². The molecule has 0 bridgehead atoms. The molecule has 1 aliphatic carbocycles. The molecule has 1 unspecified atom stereocenters. The van der Waals surface area contributed by atoms with Gasteiger partial charge in [-0.25, -0.2) is 4.39 Å². The second-order valence-electron chi connectivity index (χ2n) is 7.54. The van der Waals surface area contributed by atoms with Gasteiger partial charge in [0.1, 0.15) is 29.0 Å². The second kappa shape index (κ2) is 7.43. The Kier molecular flexibility index (Phi) is 5.38. The van der Waals surface area contributed by atoms with E-state index in [1.807, 2.05) is 26.8 Å². The van der Waals surface area contributed by atoms with Crippen LogP contribution in [0, 0.1) is 11.2 Å². The number of aryl methyl sites for hydroxylation is 1. The summed E-state index contributed by atoms with van der Waals surface area (Å²) in [6.07, 6.45) is 1.66. The first-order chi connectivity index (χ1) is 12.7. The normalized spacial score (nSPS) is 19.2. The van der Waals surface area contributed by atoms with Gasteiger partial charge in [0.25, 0.3) is 0 Å². The summed E-state index contributed by atoms with van der Waals surface area (Å²) in [6, 6.07) is 9.54. The largest absolute Gasteiger partial charge is 0.457 e. The molecule has 1 atom stereocenters. The molecule has 0 heterocycles. The number of carbonyl (C=O) groups excluding carboxylic acids is 2. The zero-order chi connectivity index (χ0) is 19.8. The van der Waals surface area contributed by atoms with E-state index in [0.29, 0.717) is 36.3 Å². The van der Waals surface area contributed by atoms with Crippen LogP contribution in [0.2, 0.25) is 5.02 Å². The van der Waals surface area contributed by atoms with Gasteiger partial charge in [-0.15, -0.1) is 0 Å². The molecule has 0 spiro atoms. The van der Waals surface area contributed by atoms with E-state index in [-0.39, 0.29) is 16.6 Å². The van der Waals surface area contributed by atoms with Crippen LogP contribution in [0.1, 0.15) is 50.7 Å². The molecule has 27 heavy (non-hydrogen) atoms. The molecule has 142 valence electrons. The Morgan fingerprint density at radius 3 is 2.48 bits per heavy atom. The summed E-state index contributed by atoms with van der Waals surface area (Å²) in [5.41, 5.74) is 1.10. The smallest absolute Gasteiger partial charge is 0.153 e. The minimum absolute atomic E-state index is 0.0185. The number of ketones is 2. The van der Waals surface area contributed by atoms with Crippen molar-refractivity contribution < 1.29 is 18.7 Å². The summed E-state index contributed by atoms with van der Waals surface area (Å²) in [4.78, 5) is 25.5. The fraction of sp³-hybridized carbons (Fsp3) is 0.364. The Morgan fingerprint density at radius 2 is 1.81 bits per heavy atom. The minimum Gasteiger partial charge on any atom is -0.457 e. The van der Waals surface area contributed by atoms with Crippen LogP contribution in [-0.2, 0) is 16.0 Å². The lowest BCUT2D eigenvalue weighted by Gasteiger charge is -2.33. The molecule has 3 rings (SSSR count). The van der Waals surface area contributed by atoms with Crippen molar-refractivity contribution in [3.8, 4) is 11.5 Å². The third kappa shape index (κ3) is 3.91. The average Bonchev–Trinajstić information content (AvgIpc) is 2.62. The lowest BCUT2D eigenvalue weighted by molar-refractivity contribution is -0.139. The maximum atomic E-state index is 13.7. The number of carbonyl (C=O) groups is 2. The molecule has 5 heteroatoms. The highest BCUT2D eigenvalue weighted by Crippen LogP contribution is 2.40. The van der Waals surface area contributed by atoms with Gasteiger partial charge in [0.2, 0.25) is 0 Å². The molecule has 0 aliphatic heterocycles. The van der Waals surface area contributed by atoms with E-state index < -0.39 is 17.2 Å². The number of hydrogen-bond acceptors (Lipinski definition) is 3. The molecule has 2 aromatic carbocycles. The number of rotatable bonds is 4. The predicted molar refractivity (Wildman–Crippen MR) is 103 cm³/mol. The summed E-state index contributed by atoms with van der Waals surface area (Å²) < 4.78 is 19.4. The van der Waals surface area contributed by atoms with Crippen LogP contribution in [0.4, 0.5) is 4.39 Å². The van der Waals surface area contributed by atoms with Gasteiger partial charge in [-0.1, -0.05) is 38.4 Å². The standard InChI is InChI=1S/C22H22ClFO3/c1-4-13-5-6-14(27-15-7-8-17(23)18(24)12-15)11-16(13)20-19(25)9-10-22(2,3)21(20)26/h5-8,11-12,20H,4,9-10H2,1-3H3. The van der Waals surface area contributed by atoms with Crippen molar-refractivity contribution in [2.75, 3.05) is 0 Å². The van der Waals surface area contributed by atoms with E-state index in [4.69, 9.17) is 16.3 Å². The summed E-state index contributed by atoms with van der Waals surface area (Å²) in [5, 5.41) is 0.0185. The number of ether oxygens (including phenoxy) is 1. The maximum absolute atomic E-state index is 13.7. The quantitative estimate of drug-likeness (QED) is 0.614. The van der Waals surface area contributed by atoms with Crippen molar-refractivity contribution in [1.29, 1.82) is 0 Å². The maximum Gasteiger partial charge on any atom is 0.153 e. The first-order valence-corrected chi connectivity index (χ1v) is 9.43. The first kappa shape index (κ1) is 19.6. The van der Waals surface area contributed by atoms with Gasteiger partial charge in [-0.3, -0.25) is 9.59 Å². The van der Waals surface area contributed by atoms with Crippen LogP contribution in [-0.4, -0.2) is 11.6 Å². The van der Waals surface area contributed by atoms with Gasteiger partial charge in [-0.2, -0.15) is 0 Å². The number of halogens is 2. The van der Waals surface area contributed by atoms with E-state index in [9.17, 15) is 14.0 Å². The van der Waals surface area contributed by atoms with Gasteiger partial charge >= 0.3 is 0 Å². The van der Waals surface area contributed by atoms with Crippen LogP contribution in [0.3, 0.4) is 0 Å². The summed E-state index contributed by atoms with van der Waals surface area (Å²) in [6.45, 7) is 5.76. The van der Waals surface area contributed by atoms with Crippen molar-refractivity contribution in [3.63, 3.8) is 0 Å². The molecule has 1 aliphatic rings. The Bertz CT molecular complexity index is 904. The number of benzene rings is 2. The third-order valence-electron chi connectivity index (χ3n) is 5.18. The van der Waals surface area contributed by atoms with Crippen molar-refractivity contribution in [1.82, 2.24) is 0 Å². The van der Waals surface area contributed by atoms with Crippen LogP contribution in [0.25, 0.3) is 0 Å². The molecule has 1 saturated carbocycles. The Morgan fingerprint density at radius 1 is 1.15 bits per heavy atom. The molecule has 0 amide bonds. The molecule has 0 saturated heterocycles. The highest BCUT2D eigenvalue weighted by molar-refractivity contribution is 6.30. The first-order valence-electron chi connectivity index (χ1n) is 9.05. The van der Waals surface area contributed by atoms with Crippen LogP contribution >= 0.6 is 11.6 Å². The van der Waals surface area contributed by atoms with Crippen molar-refractivity contribution in [2.24, 2.45) is 5.41 Å². The van der Waals surface area contributed by atoms with Gasteiger partial charge in [0.05, 0.1) is 5.02 Å². The molecule has 0 radical (unpaired) electrons. The third-order valence-corrected chi connectivity index (χ3v) is 5.49. The fourth-order valence-corrected chi connectivity index (χ4v) is 3.58. The van der Waals surface area contributed by atoms with Crippen LogP contribution in [0.5, 0.6) is 11.5 Å². The molecule has 0 N–H and O–H groups in total. The second-order valence-corrected chi connectivity index (χ2v) is 7.95. The lowest BCUT2D eigenvalue weighted by atomic mass is 9.67. The molecule has 0 aromatic heterocycles. The SMILES string of the molecule is CCc1ccc(Oc2ccc(Cl)c(F)c2)cc1C1C(=O)CCC(C)(C)C1=O. The molecular formula is C22H22ClFO3. The summed E-state index contributed by atoms with van der Waals surface area (Å²) in [7, 11) is 0. The summed E-state index contributed by atoms with van der Waals surface area (Å²) >= 11 is 5.70. The van der Waals surface area contributed by atoms with Gasteiger partial charge < -0.3 is 4.74 Å². The predicted octanol–water partition coefficient (Wildman–Crippen LogP) is 5.88. The van der Waals surface area contributed by atoms with Crippen molar-refractivity contribution in [2.45, 2.75) is 46.0 Å². The van der Waals surface area contributed by atoms with Gasteiger partial charge in [0, 0.05) is 17.9 Å². The van der Waals surface area contributed by atoms with Crippen molar-refractivity contribution >= 4 is 23.2 Å². The monoisotopic (exact) mass is 388 g/mol. The highest BCUT2D eigenvalue weighted by atomic mass is 35.5. The molecular weight excluding hydrogens is 367 g/mol. The number of hydrogen-bond donors (Lipinski definition) is 0. The zero-order valence-electron chi connectivity index (χ0n) is 15.6. The van der Waals surface area contributed by atoms with Gasteiger partial charge in [-0.05, 0) is 48.2 Å². The molecule has 1 fully saturated rings. The lowest BCUT2D eigenvalue weighted by Crippen LogP contribution is -2.39. The topological polar surface area (TPSA) is 43.4 Å². The fourth-order valence-electron chi connectivity index (χ4n) is 3.46. The van der Waals surface area contributed by atoms with Crippen molar-refractivity contribution in [3.05, 3.63) is 58.4 Å². The highest BCUT2D eigenvalue weighted by Gasteiger charge is 2.43. The van der Waals surface area contributed by atoms with E-state index >= 15 is 0 Å². The average molecular weight is 389 g/mol.